The molecule has 13 heavy (non-hydrogen) atoms. The summed E-state index contributed by atoms with van der Waals surface area (Å²) in [6.07, 6.45) is 4.68. The van der Waals surface area contributed by atoms with E-state index in [4.69, 9.17) is 0 Å². The maximum absolute atomic E-state index is 10.2. The van der Waals surface area contributed by atoms with Crippen molar-refractivity contribution in [3.63, 3.8) is 0 Å². The molecule has 0 N–H and O–H groups in total. The van der Waals surface area contributed by atoms with Crippen molar-refractivity contribution in [3.05, 3.63) is 0 Å². The molecule has 1 fully saturated rings. The first-order valence-electron chi connectivity index (χ1n) is 5.16. The molecule has 0 spiro atoms. The Morgan fingerprint density at radius 3 is 2.46 bits per heavy atom. The Kier molecular flexibility index (Phi) is 3.72. The largest absolute Gasteiger partial charge is 0.550 e. The van der Waals surface area contributed by atoms with Crippen LogP contribution in [0.4, 0.5) is 0 Å². The molecule has 0 aromatic carbocycles. The second-order valence-corrected chi connectivity index (χ2v) is 4.33. The van der Waals surface area contributed by atoms with Gasteiger partial charge >= 0.3 is 0 Å². The number of carboxylic acid groups (broad SMARTS) is 1. The lowest BCUT2D eigenvalue weighted by Gasteiger charge is -2.29. The van der Waals surface area contributed by atoms with Gasteiger partial charge in [-0.15, -0.1) is 0 Å². The number of rotatable bonds is 5. The molecule has 76 valence electrons. The molecule has 3 nitrogen and oxygen atoms in total. The summed E-state index contributed by atoms with van der Waals surface area (Å²) in [6, 6.07) is 0. The first kappa shape index (κ1) is 10.5. The minimum absolute atomic E-state index is 0.222. The third-order valence-corrected chi connectivity index (χ3v) is 2.97. The fraction of sp³-hybridized carbons (Fsp3) is 0.900. The van der Waals surface area contributed by atoms with E-state index in [1.165, 1.54) is 25.9 Å². The van der Waals surface area contributed by atoms with Gasteiger partial charge in [-0.3, -0.25) is 0 Å². The highest BCUT2D eigenvalue weighted by molar-refractivity contribution is 5.63. The highest BCUT2D eigenvalue weighted by Gasteiger charge is 2.25. The van der Waals surface area contributed by atoms with Crippen molar-refractivity contribution in [2.24, 2.45) is 0 Å². The molecule has 0 radical (unpaired) electrons. The van der Waals surface area contributed by atoms with Crippen molar-refractivity contribution < 1.29 is 14.4 Å². The predicted molar refractivity (Wildman–Crippen MR) is 48.9 cm³/mol. The standard InChI is InChI=1S/C10H19NO2/c1-11(8-4-5-9-11)7-3-2-6-10(12)13/h2-9H2,1H3. The average Bonchev–Trinajstić information content (AvgIpc) is 2.47. The Morgan fingerprint density at radius 1 is 1.31 bits per heavy atom. The molecular weight excluding hydrogens is 166 g/mol. The van der Waals surface area contributed by atoms with Gasteiger partial charge in [-0.05, 0) is 19.3 Å². The molecule has 0 amide bonds. The van der Waals surface area contributed by atoms with E-state index in [0.29, 0.717) is 0 Å². The van der Waals surface area contributed by atoms with Gasteiger partial charge in [0.1, 0.15) is 0 Å². The van der Waals surface area contributed by atoms with Gasteiger partial charge in [0.15, 0.2) is 0 Å². The van der Waals surface area contributed by atoms with Crippen LogP contribution in [0.15, 0.2) is 0 Å². The van der Waals surface area contributed by atoms with Crippen molar-refractivity contribution in [3.8, 4) is 0 Å². The summed E-state index contributed by atoms with van der Waals surface area (Å²) >= 11 is 0. The van der Waals surface area contributed by atoms with Crippen molar-refractivity contribution in [2.75, 3.05) is 26.7 Å². The van der Waals surface area contributed by atoms with E-state index in [0.717, 1.165) is 23.9 Å². The normalized spacial score (nSPS) is 20.4. The molecule has 0 aromatic rings. The van der Waals surface area contributed by atoms with E-state index < -0.39 is 5.97 Å². The van der Waals surface area contributed by atoms with Crippen LogP contribution < -0.4 is 5.11 Å². The molecule has 3 heteroatoms. The Balaban J connectivity index is 2.07. The topological polar surface area (TPSA) is 40.1 Å². The van der Waals surface area contributed by atoms with Crippen molar-refractivity contribution in [1.82, 2.24) is 0 Å². The van der Waals surface area contributed by atoms with Crippen molar-refractivity contribution in [1.29, 1.82) is 0 Å². The fourth-order valence-electron chi connectivity index (χ4n) is 2.09. The number of hydrogen-bond acceptors (Lipinski definition) is 2. The zero-order valence-corrected chi connectivity index (χ0v) is 8.42. The van der Waals surface area contributed by atoms with Gasteiger partial charge in [-0.2, -0.15) is 0 Å². The number of likely N-dealkylation sites (tertiary alicyclic amines) is 1. The van der Waals surface area contributed by atoms with Crippen molar-refractivity contribution >= 4 is 5.97 Å². The van der Waals surface area contributed by atoms with E-state index in [1.807, 2.05) is 0 Å². The van der Waals surface area contributed by atoms with E-state index in [2.05, 4.69) is 7.05 Å². The molecule has 0 aliphatic carbocycles. The Hall–Kier alpha value is -0.570. The summed E-state index contributed by atoms with van der Waals surface area (Å²) in [5.74, 6) is -0.913. The lowest BCUT2D eigenvalue weighted by atomic mass is 10.2. The summed E-state index contributed by atoms with van der Waals surface area (Å²) < 4.78 is 1.15. The second-order valence-electron chi connectivity index (χ2n) is 4.33. The molecular formula is C10H19NO2. The number of hydrogen-bond donors (Lipinski definition) is 0. The van der Waals surface area contributed by atoms with Gasteiger partial charge in [0.2, 0.25) is 0 Å². The predicted octanol–water partition coefficient (Wildman–Crippen LogP) is 0.147. The van der Waals surface area contributed by atoms with Crippen LogP contribution in [0.2, 0.25) is 0 Å². The molecule has 1 aliphatic rings. The summed E-state index contributed by atoms with van der Waals surface area (Å²) in [7, 11) is 2.27. The van der Waals surface area contributed by atoms with Gasteiger partial charge in [-0.25, -0.2) is 0 Å². The van der Waals surface area contributed by atoms with Crippen LogP contribution >= 0.6 is 0 Å². The number of quaternary nitrogens is 1. The second kappa shape index (κ2) is 4.61. The molecule has 0 unspecified atom stereocenters. The van der Waals surface area contributed by atoms with Gasteiger partial charge < -0.3 is 14.4 Å². The van der Waals surface area contributed by atoms with E-state index in [-0.39, 0.29) is 6.42 Å². The van der Waals surface area contributed by atoms with E-state index in [1.54, 1.807) is 0 Å². The minimum atomic E-state index is -0.913. The number of nitrogens with zero attached hydrogens (tertiary/aromatic N) is 1. The molecule has 1 saturated heterocycles. The molecule has 1 heterocycles. The fourth-order valence-corrected chi connectivity index (χ4v) is 2.09. The maximum Gasteiger partial charge on any atom is 0.0786 e. The summed E-state index contributed by atoms with van der Waals surface area (Å²) in [5, 5.41) is 10.2. The van der Waals surface area contributed by atoms with E-state index in [9.17, 15) is 9.90 Å². The minimum Gasteiger partial charge on any atom is -0.550 e. The quantitative estimate of drug-likeness (QED) is 0.452. The number of carbonyl (C=O) groups excluding carboxylic acids is 1. The first-order chi connectivity index (χ1) is 6.12. The Labute approximate surface area is 79.9 Å². The number of aliphatic carboxylic acids is 1. The third kappa shape index (κ3) is 3.77. The highest BCUT2D eigenvalue weighted by Crippen LogP contribution is 2.17. The Morgan fingerprint density at radius 2 is 1.92 bits per heavy atom. The van der Waals surface area contributed by atoms with Gasteiger partial charge in [0.05, 0.1) is 26.7 Å². The zero-order valence-electron chi connectivity index (χ0n) is 8.42. The summed E-state index contributed by atoms with van der Waals surface area (Å²) in [5.41, 5.74) is 0. The summed E-state index contributed by atoms with van der Waals surface area (Å²) in [4.78, 5) is 10.2. The SMILES string of the molecule is C[N+]1(CCCCC(=O)[O-])CCCC1. The molecule has 0 bridgehead atoms. The van der Waals surface area contributed by atoms with Gasteiger partial charge in [-0.1, -0.05) is 0 Å². The first-order valence-corrected chi connectivity index (χ1v) is 5.16. The zero-order chi connectivity index (χ0) is 9.73. The van der Waals surface area contributed by atoms with Crippen LogP contribution in [-0.4, -0.2) is 37.1 Å². The van der Waals surface area contributed by atoms with Crippen LogP contribution in [0.3, 0.4) is 0 Å². The third-order valence-electron chi connectivity index (χ3n) is 2.97. The lowest BCUT2D eigenvalue weighted by Crippen LogP contribution is -2.41. The van der Waals surface area contributed by atoms with Gasteiger partial charge in [0, 0.05) is 18.8 Å². The Bertz CT molecular complexity index is 174. The highest BCUT2D eigenvalue weighted by atomic mass is 16.4. The monoisotopic (exact) mass is 185 g/mol. The molecule has 0 saturated carbocycles. The van der Waals surface area contributed by atoms with E-state index >= 15 is 0 Å². The molecule has 0 atom stereocenters. The molecule has 0 aromatic heterocycles. The maximum atomic E-state index is 10.2. The van der Waals surface area contributed by atoms with Crippen LogP contribution in [0, 0.1) is 0 Å². The summed E-state index contributed by atoms with van der Waals surface area (Å²) in [6.45, 7) is 3.67. The van der Waals surface area contributed by atoms with Crippen LogP contribution in [-0.2, 0) is 4.79 Å². The number of unbranched alkanes of at least 4 members (excludes halogenated alkanes) is 1. The van der Waals surface area contributed by atoms with Crippen molar-refractivity contribution in [2.45, 2.75) is 32.1 Å². The molecule has 1 aliphatic heterocycles. The molecule has 1 rings (SSSR count). The van der Waals surface area contributed by atoms with Crippen LogP contribution in [0.1, 0.15) is 32.1 Å². The lowest BCUT2D eigenvalue weighted by molar-refractivity contribution is -0.897. The van der Waals surface area contributed by atoms with Crippen LogP contribution in [0.5, 0.6) is 0 Å². The number of carboxylic acids is 1. The smallest absolute Gasteiger partial charge is 0.0786 e. The number of carbonyl (C=O) groups is 1. The average molecular weight is 185 g/mol. The van der Waals surface area contributed by atoms with Gasteiger partial charge in [0.25, 0.3) is 0 Å². The van der Waals surface area contributed by atoms with Crippen LogP contribution in [0.25, 0.3) is 0 Å².